The summed E-state index contributed by atoms with van der Waals surface area (Å²) < 4.78 is 15.8. The van der Waals surface area contributed by atoms with E-state index in [2.05, 4.69) is 0 Å². The summed E-state index contributed by atoms with van der Waals surface area (Å²) in [4.78, 5) is 0. The Labute approximate surface area is 87.4 Å². The van der Waals surface area contributed by atoms with Gasteiger partial charge >= 0.3 is 0 Å². The third-order valence-electron chi connectivity index (χ3n) is 2.67. The number of aliphatic hydroxyl groups excluding tert-OH is 3. The zero-order chi connectivity index (χ0) is 11.2. The molecule has 88 valence electrons. The van der Waals surface area contributed by atoms with Gasteiger partial charge in [-0.05, 0) is 13.8 Å². The molecule has 2 rings (SSSR count). The van der Waals surface area contributed by atoms with Gasteiger partial charge in [-0.15, -0.1) is 0 Å². The normalized spacial score (nSPS) is 49.8. The van der Waals surface area contributed by atoms with Crippen molar-refractivity contribution in [3.8, 4) is 0 Å². The summed E-state index contributed by atoms with van der Waals surface area (Å²) in [5.74, 6) is -0.812. The summed E-state index contributed by atoms with van der Waals surface area (Å²) in [7, 11) is 0. The second-order valence-corrected chi connectivity index (χ2v) is 4.34. The Morgan fingerprint density at radius 2 is 1.80 bits per heavy atom. The summed E-state index contributed by atoms with van der Waals surface area (Å²) in [5.41, 5.74) is 0. The van der Waals surface area contributed by atoms with E-state index in [1.165, 1.54) is 0 Å². The van der Waals surface area contributed by atoms with Crippen LogP contribution < -0.4 is 0 Å². The molecule has 0 saturated carbocycles. The van der Waals surface area contributed by atoms with Gasteiger partial charge in [-0.2, -0.15) is 0 Å². The monoisotopic (exact) mass is 220 g/mol. The van der Waals surface area contributed by atoms with Crippen molar-refractivity contribution in [2.45, 2.75) is 50.3 Å². The first-order valence-electron chi connectivity index (χ1n) is 4.92. The first-order chi connectivity index (χ1) is 6.91. The van der Waals surface area contributed by atoms with E-state index >= 15 is 0 Å². The second kappa shape index (κ2) is 3.65. The van der Waals surface area contributed by atoms with Gasteiger partial charge < -0.3 is 29.5 Å². The molecule has 2 fully saturated rings. The van der Waals surface area contributed by atoms with Crippen molar-refractivity contribution >= 4 is 0 Å². The minimum Gasteiger partial charge on any atom is -0.387 e. The van der Waals surface area contributed by atoms with Gasteiger partial charge in [0.15, 0.2) is 12.1 Å². The number of fused-ring (bicyclic) bond motifs is 1. The quantitative estimate of drug-likeness (QED) is 0.464. The molecular weight excluding hydrogens is 204 g/mol. The molecule has 2 aliphatic rings. The first kappa shape index (κ1) is 11.3. The molecule has 3 N–H and O–H groups in total. The van der Waals surface area contributed by atoms with Crippen molar-refractivity contribution in [3.05, 3.63) is 0 Å². The topological polar surface area (TPSA) is 88.4 Å². The van der Waals surface area contributed by atoms with E-state index in [0.29, 0.717) is 0 Å². The largest absolute Gasteiger partial charge is 0.387 e. The van der Waals surface area contributed by atoms with Gasteiger partial charge in [-0.25, -0.2) is 0 Å². The van der Waals surface area contributed by atoms with Crippen LogP contribution in [-0.4, -0.2) is 58.4 Å². The molecule has 0 aromatic heterocycles. The van der Waals surface area contributed by atoms with Gasteiger partial charge in [0.25, 0.3) is 0 Å². The minimum absolute atomic E-state index is 0.221. The van der Waals surface area contributed by atoms with Gasteiger partial charge in [-0.3, -0.25) is 0 Å². The van der Waals surface area contributed by atoms with E-state index in [1.54, 1.807) is 13.8 Å². The average Bonchev–Trinajstić information content (AvgIpc) is 2.16. The highest BCUT2D eigenvalue weighted by atomic mass is 16.7. The molecule has 0 spiro atoms. The van der Waals surface area contributed by atoms with E-state index in [-0.39, 0.29) is 6.61 Å². The molecule has 0 aromatic carbocycles. The van der Waals surface area contributed by atoms with Crippen LogP contribution in [0.2, 0.25) is 0 Å². The lowest BCUT2D eigenvalue weighted by molar-refractivity contribution is -0.377. The third-order valence-corrected chi connectivity index (χ3v) is 2.67. The van der Waals surface area contributed by atoms with E-state index < -0.39 is 36.5 Å². The minimum atomic E-state index is -1.39. The fraction of sp³-hybridized carbons (Fsp3) is 1.00. The Balaban J connectivity index is 2.12. The average molecular weight is 220 g/mol. The Morgan fingerprint density at radius 1 is 1.13 bits per heavy atom. The summed E-state index contributed by atoms with van der Waals surface area (Å²) >= 11 is 0. The Bertz CT molecular complexity index is 241. The summed E-state index contributed by atoms with van der Waals surface area (Å²) in [5, 5.41) is 28.4. The molecule has 6 heteroatoms. The van der Waals surface area contributed by atoms with Crippen molar-refractivity contribution in [1.82, 2.24) is 0 Å². The van der Waals surface area contributed by atoms with Gasteiger partial charge in [0, 0.05) is 0 Å². The number of rotatable bonds is 0. The van der Waals surface area contributed by atoms with Gasteiger partial charge in [0.2, 0.25) is 0 Å². The summed E-state index contributed by atoms with van der Waals surface area (Å²) in [6.45, 7) is 3.65. The lowest BCUT2D eigenvalue weighted by Crippen LogP contribution is -2.64. The van der Waals surface area contributed by atoms with Gasteiger partial charge in [-0.1, -0.05) is 0 Å². The van der Waals surface area contributed by atoms with Crippen LogP contribution in [0, 0.1) is 0 Å². The highest BCUT2D eigenvalue weighted by molar-refractivity contribution is 4.92. The second-order valence-electron chi connectivity index (χ2n) is 4.34. The molecule has 0 aliphatic carbocycles. The maximum absolute atomic E-state index is 9.70. The van der Waals surface area contributed by atoms with Crippen LogP contribution in [0.25, 0.3) is 0 Å². The maximum Gasteiger partial charge on any atom is 0.184 e. The van der Waals surface area contributed by atoms with Crippen LogP contribution in [0.15, 0.2) is 0 Å². The van der Waals surface area contributed by atoms with Crippen molar-refractivity contribution < 1.29 is 29.5 Å². The Kier molecular flexibility index (Phi) is 2.74. The zero-order valence-corrected chi connectivity index (χ0v) is 8.66. The first-order valence-corrected chi connectivity index (χ1v) is 4.92. The highest BCUT2D eigenvalue weighted by Gasteiger charge is 2.49. The van der Waals surface area contributed by atoms with Crippen molar-refractivity contribution in [3.63, 3.8) is 0 Å². The van der Waals surface area contributed by atoms with Crippen LogP contribution in [0.5, 0.6) is 0 Å². The predicted octanol–water partition coefficient (Wildman–Crippen LogP) is -1.42. The van der Waals surface area contributed by atoms with Crippen molar-refractivity contribution in [1.29, 1.82) is 0 Å². The number of hydrogen-bond donors (Lipinski definition) is 3. The van der Waals surface area contributed by atoms with Crippen LogP contribution in [-0.2, 0) is 14.2 Å². The molecule has 6 nitrogen and oxygen atoms in total. The zero-order valence-electron chi connectivity index (χ0n) is 8.66. The Hall–Kier alpha value is -0.240. The molecule has 15 heavy (non-hydrogen) atoms. The number of hydrogen-bond acceptors (Lipinski definition) is 6. The molecule has 5 atom stereocenters. The number of aliphatic hydroxyl groups is 3. The maximum atomic E-state index is 9.70. The molecule has 0 amide bonds. The molecule has 0 bridgehead atoms. The summed E-state index contributed by atoms with van der Waals surface area (Å²) in [6.07, 6.45) is -5.13. The highest BCUT2D eigenvalue weighted by Crippen LogP contribution is 2.31. The molecule has 2 heterocycles. The van der Waals surface area contributed by atoms with Crippen molar-refractivity contribution in [2.24, 2.45) is 0 Å². The van der Waals surface area contributed by atoms with Crippen LogP contribution in [0.4, 0.5) is 0 Å². The van der Waals surface area contributed by atoms with Gasteiger partial charge in [0.1, 0.15) is 24.4 Å². The van der Waals surface area contributed by atoms with E-state index in [9.17, 15) is 15.3 Å². The fourth-order valence-corrected chi connectivity index (χ4v) is 1.84. The summed E-state index contributed by atoms with van der Waals surface area (Å²) in [6, 6.07) is 0. The number of ether oxygens (including phenoxy) is 3. The Morgan fingerprint density at radius 3 is 2.47 bits per heavy atom. The molecular formula is C9H16O6. The molecule has 2 saturated heterocycles. The lowest BCUT2D eigenvalue weighted by Gasteiger charge is -2.47. The molecule has 1 unspecified atom stereocenters. The lowest BCUT2D eigenvalue weighted by atomic mass is 9.98. The van der Waals surface area contributed by atoms with Crippen molar-refractivity contribution in [2.75, 3.05) is 6.61 Å². The molecule has 2 aliphatic heterocycles. The van der Waals surface area contributed by atoms with E-state index in [4.69, 9.17) is 14.2 Å². The van der Waals surface area contributed by atoms with E-state index in [1.807, 2.05) is 0 Å². The van der Waals surface area contributed by atoms with Crippen LogP contribution >= 0.6 is 0 Å². The SMILES string of the molecule is CC1(C)OC[C@H]2OC(O)[C@H](O)[C@@H](O)[C@@H]2O1. The standard InChI is InChI=1S/C9H16O6/c1-9(2)13-3-4-7(15-9)5(10)6(11)8(12)14-4/h4-8,10-12H,3H2,1-2H3/t4-,5-,6-,7-,8?/m1/s1. The van der Waals surface area contributed by atoms with Gasteiger partial charge in [0.05, 0.1) is 6.61 Å². The fourth-order valence-electron chi connectivity index (χ4n) is 1.84. The third kappa shape index (κ3) is 2.01. The molecule has 0 radical (unpaired) electrons. The van der Waals surface area contributed by atoms with E-state index in [0.717, 1.165) is 0 Å². The smallest absolute Gasteiger partial charge is 0.184 e. The van der Waals surface area contributed by atoms with Crippen LogP contribution in [0.3, 0.4) is 0 Å². The predicted molar refractivity (Wildman–Crippen MR) is 47.8 cm³/mol. The molecule has 0 aromatic rings. The van der Waals surface area contributed by atoms with Crippen LogP contribution in [0.1, 0.15) is 13.8 Å².